The molecule has 0 aliphatic heterocycles. The van der Waals surface area contributed by atoms with Gasteiger partial charge in [0.25, 0.3) is 0 Å². The summed E-state index contributed by atoms with van der Waals surface area (Å²) in [6.45, 7) is 2.52. The second kappa shape index (κ2) is 83.1. The van der Waals surface area contributed by atoms with Gasteiger partial charge in [-0.25, -0.2) is 9.13 Å². The monoisotopic (exact) mass is 1570 g/mol. The molecule has 628 valence electrons. The Balaban J connectivity index is 4.46. The van der Waals surface area contributed by atoms with Gasteiger partial charge < -0.3 is 34.2 Å². The van der Waals surface area contributed by atoms with E-state index in [0.717, 1.165) is 154 Å². The van der Waals surface area contributed by atoms with Crippen LogP contribution >= 0.6 is 15.6 Å². The van der Waals surface area contributed by atoms with Crippen LogP contribution < -0.4 is 0 Å². The maximum absolute atomic E-state index is 13.0. The molecule has 0 heterocycles. The van der Waals surface area contributed by atoms with Crippen molar-refractivity contribution in [1.82, 2.24) is 0 Å². The third-order valence-corrected chi connectivity index (χ3v) is 20.2. The van der Waals surface area contributed by atoms with E-state index < -0.39 is 91.5 Å². The van der Waals surface area contributed by atoms with Gasteiger partial charge in [-0.15, -0.1) is 0 Å². The standard InChI is InChI=1S/C91H158O16P2/c1-4-7-10-13-16-19-22-25-28-31-33-35-36-37-38-39-40-41-42-43-44-45-46-47-48-50-52-54-56-59-62-65-68-71-74-77-89(94)101-80-86(92)81-103-108(97,98)104-82-87(93)83-105-109(99,100)106-85-88(107-91(96)79-76-73-70-67-64-61-58-53-30-27-24-21-18-15-12-9-6-3)84-102-90(95)78-75-72-69-66-63-60-57-55-51-49-34-32-29-26-23-20-17-14-11-8-5-2/h9,12,16-21,25-30,33-35,37-38,49,55,57,86-88,92-93H,4-8,10-11,13-15,22-24,31-32,36,39-48,50-54,56,58-85H2,1-3H3,(H,97,98)(H,99,100)/b12-9-,19-16-,20-17-,21-18-,28-25-,29-26-,30-27-,35-33-,38-37-,49-34-,57-55-. The highest BCUT2D eigenvalue weighted by Crippen LogP contribution is 2.45. The third kappa shape index (κ3) is 84.4. The van der Waals surface area contributed by atoms with E-state index in [1.165, 1.54) is 154 Å². The first-order chi connectivity index (χ1) is 53.2. The summed E-state index contributed by atoms with van der Waals surface area (Å²) in [4.78, 5) is 58.8. The first-order valence-electron chi connectivity index (χ1n) is 43.5. The molecule has 0 radical (unpaired) electrons. The van der Waals surface area contributed by atoms with Crippen LogP contribution in [0.15, 0.2) is 134 Å². The van der Waals surface area contributed by atoms with Crippen molar-refractivity contribution >= 4 is 33.6 Å². The first kappa shape index (κ1) is 105. The van der Waals surface area contributed by atoms with E-state index in [-0.39, 0.29) is 19.3 Å². The van der Waals surface area contributed by atoms with Crippen molar-refractivity contribution in [3.05, 3.63) is 134 Å². The summed E-state index contributed by atoms with van der Waals surface area (Å²) in [5.74, 6) is -1.60. The predicted molar refractivity (Wildman–Crippen MR) is 454 cm³/mol. The molecule has 0 aliphatic rings. The minimum atomic E-state index is -4.94. The number of hydrogen-bond acceptors (Lipinski definition) is 14. The summed E-state index contributed by atoms with van der Waals surface area (Å²) in [6.07, 6.45) is 102. The summed E-state index contributed by atoms with van der Waals surface area (Å²) < 4.78 is 61.3. The number of phosphoric ester groups is 2. The number of aliphatic hydroxyl groups excluding tert-OH is 2. The molecule has 5 atom stereocenters. The number of aliphatic hydroxyl groups is 2. The van der Waals surface area contributed by atoms with Crippen molar-refractivity contribution in [1.29, 1.82) is 0 Å². The average molecular weight is 1570 g/mol. The first-order valence-corrected chi connectivity index (χ1v) is 46.5. The van der Waals surface area contributed by atoms with Crippen molar-refractivity contribution in [2.45, 2.75) is 386 Å². The van der Waals surface area contributed by atoms with Gasteiger partial charge in [0.1, 0.15) is 25.4 Å². The van der Waals surface area contributed by atoms with Gasteiger partial charge >= 0.3 is 33.6 Å². The zero-order valence-electron chi connectivity index (χ0n) is 68.9. The Labute approximate surface area is 665 Å². The number of unbranched alkanes of at least 4 members (excludes halogenated alkanes) is 37. The van der Waals surface area contributed by atoms with Crippen LogP contribution in [0.5, 0.6) is 0 Å². The average Bonchev–Trinajstić information content (AvgIpc) is 0.903. The molecule has 18 heteroatoms. The maximum atomic E-state index is 13.0. The SMILES string of the molecule is CC/C=C\C/C=C\C/C=C\CCCCCCCCCC(=O)OC(COC(=O)CCCCCCC/C=C\C/C=C\C/C=C\C/C=C\CCCCC)COP(=O)(O)OCC(O)COP(=O)(O)OCC(O)COC(=O)CCCCCCCCCCCCCCCCCCCCC/C=C\C/C=C\C/C=C\C/C=C\CCCCC. The summed E-state index contributed by atoms with van der Waals surface area (Å²) in [5, 5.41) is 20.7. The molecule has 5 unspecified atom stereocenters. The zero-order chi connectivity index (χ0) is 79.4. The minimum absolute atomic E-state index is 0.0865. The molecule has 0 spiro atoms. The topological polar surface area (TPSA) is 231 Å². The maximum Gasteiger partial charge on any atom is 0.472 e. The lowest BCUT2D eigenvalue weighted by atomic mass is 10.0. The number of phosphoric acid groups is 2. The Hall–Kier alpha value is -4.31. The molecule has 0 amide bonds. The highest BCUT2D eigenvalue weighted by molar-refractivity contribution is 7.47. The third-order valence-electron chi connectivity index (χ3n) is 18.3. The molecule has 4 N–H and O–H groups in total. The summed E-state index contributed by atoms with van der Waals surface area (Å²) in [7, 11) is -9.81. The van der Waals surface area contributed by atoms with Crippen LogP contribution in [-0.2, 0) is 55.8 Å². The van der Waals surface area contributed by atoms with Crippen LogP contribution in [0, 0.1) is 0 Å². The Morgan fingerprint density at radius 1 is 0.266 bits per heavy atom. The Kier molecular flexibility index (Phi) is 79.8. The molecular weight excluding hydrogens is 1410 g/mol. The van der Waals surface area contributed by atoms with Gasteiger partial charge in [-0.3, -0.25) is 32.5 Å². The van der Waals surface area contributed by atoms with E-state index in [2.05, 4.69) is 154 Å². The van der Waals surface area contributed by atoms with Gasteiger partial charge in [0, 0.05) is 19.3 Å². The number of carbonyl (C=O) groups excluding carboxylic acids is 3. The quantitative estimate of drug-likeness (QED) is 0.0146. The molecule has 0 aliphatic carbocycles. The molecule has 16 nitrogen and oxygen atoms in total. The second-order valence-electron chi connectivity index (χ2n) is 29.0. The van der Waals surface area contributed by atoms with Crippen LogP contribution in [0.1, 0.15) is 367 Å². The lowest BCUT2D eigenvalue weighted by Crippen LogP contribution is -2.30. The number of ether oxygens (including phenoxy) is 3. The van der Waals surface area contributed by atoms with E-state index in [4.69, 9.17) is 32.3 Å². The molecule has 0 saturated carbocycles. The van der Waals surface area contributed by atoms with E-state index in [0.29, 0.717) is 19.3 Å². The molecule has 0 fully saturated rings. The molecule has 0 aromatic carbocycles. The number of carbonyl (C=O) groups is 3. The van der Waals surface area contributed by atoms with E-state index in [1.54, 1.807) is 0 Å². The Morgan fingerprint density at radius 2 is 0.486 bits per heavy atom. The molecule has 0 saturated heterocycles. The fourth-order valence-electron chi connectivity index (χ4n) is 11.7. The minimum Gasteiger partial charge on any atom is -0.463 e. The summed E-state index contributed by atoms with van der Waals surface area (Å²) in [6, 6.07) is 0. The van der Waals surface area contributed by atoms with Crippen LogP contribution in [0.25, 0.3) is 0 Å². The van der Waals surface area contributed by atoms with E-state index in [1.807, 2.05) is 0 Å². The summed E-state index contributed by atoms with van der Waals surface area (Å²) in [5.41, 5.74) is 0. The lowest BCUT2D eigenvalue weighted by molar-refractivity contribution is -0.161. The van der Waals surface area contributed by atoms with Crippen molar-refractivity contribution in [3.8, 4) is 0 Å². The molecular formula is C91H158O16P2. The number of rotatable bonds is 82. The zero-order valence-corrected chi connectivity index (χ0v) is 70.7. The van der Waals surface area contributed by atoms with Crippen molar-refractivity contribution in [2.24, 2.45) is 0 Å². The highest BCUT2D eigenvalue weighted by atomic mass is 31.2. The van der Waals surface area contributed by atoms with Gasteiger partial charge in [-0.05, 0) is 141 Å². The fraction of sp³-hybridized carbons (Fsp3) is 0.725. The predicted octanol–water partition coefficient (Wildman–Crippen LogP) is 26.2. The Morgan fingerprint density at radius 3 is 0.771 bits per heavy atom. The van der Waals surface area contributed by atoms with Crippen LogP contribution in [0.3, 0.4) is 0 Å². The Bertz CT molecular complexity index is 2510. The molecule has 0 aromatic heterocycles. The van der Waals surface area contributed by atoms with Gasteiger partial charge in [0.15, 0.2) is 6.10 Å². The van der Waals surface area contributed by atoms with E-state index in [9.17, 15) is 43.5 Å². The van der Waals surface area contributed by atoms with Gasteiger partial charge in [0.05, 0.1) is 26.4 Å². The van der Waals surface area contributed by atoms with Crippen molar-refractivity contribution in [2.75, 3.05) is 39.6 Å². The molecule has 0 rings (SSSR count). The van der Waals surface area contributed by atoms with Crippen LogP contribution in [0.2, 0.25) is 0 Å². The fourth-order valence-corrected chi connectivity index (χ4v) is 13.3. The molecule has 109 heavy (non-hydrogen) atoms. The number of esters is 3. The molecule has 0 bridgehead atoms. The normalized spacial score (nSPS) is 14.5. The van der Waals surface area contributed by atoms with Crippen molar-refractivity contribution < 1.29 is 75.8 Å². The number of hydrogen-bond donors (Lipinski definition) is 4. The van der Waals surface area contributed by atoms with Crippen molar-refractivity contribution in [3.63, 3.8) is 0 Å². The largest absolute Gasteiger partial charge is 0.472 e. The van der Waals surface area contributed by atoms with E-state index >= 15 is 0 Å². The smallest absolute Gasteiger partial charge is 0.463 e. The summed E-state index contributed by atoms with van der Waals surface area (Å²) >= 11 is 0. The highest BCUT2D eigenvalue weighted by Gasteiger charge is 2.29. The number of allylic oxidation sites excluding steroid dienone is 22. The lowest BCUT2D eigenvalue weighted by Gasteiger charge is -2.21. The molecule has 0 aromatic rings. The van der Waals surface area contributed by atoms with Crippen LogP contribution in [0.4, 0.5) is 0 Å². The van der Waals surface area contributed by atoms with Gasteiger partial charge in [0.2, 0.25) is 0 Å². The van der Waals surface area contributed by atoms with Crippen LogP contribution in [-0.4, -0.2) is 95.9 Å². The second-order valence-corrected chi connectivity index (χ2v) is 31.9. The van der Waals surface area contributed by atoms with Gasteiger partial charge in [-0.1, -0.05) is 341 Å². The van der Waals surface area contributed by atoms with Gasteiger partial charge in [-0.2, -0.15) is 0 Å².